The Kier molecular flexibility index (Phi) is 3.30. The molecular weight excluding hydrogens is 214 g/mol. The highest BCUT2D eigenvalue weighted by atomic mass is 32.1. The molecule has 1 aromatic rings. The summed E-state index contributed by atoms with van der Waals surface area (Å²) in [7, 11) is 0. The van der Waals surface area contributed by atoms with Gasteiger partial charge in [-0.3, -0.25) is 0 Å². The second-order valence-corrected chi connectivity index (χ2v) is 6.25. The molecule has 88 valence electrons. The minimum Gasteiger partial charge on any atom is -0.314 e. The number of thiophene rings is 1. The molecule has 1 aromatic heterocycles. The smallest absolute Gasteiger partial charge is 0.00683 e. The van der Waals surface area contributed by atoms with E-state index in [4.69, 9.17) is 0 Å². The van der Waals surface area contributed by atoms with Gasteiger partial charge in [-0.15, -0.1) is 0 Å². The van der Waals surface area contributed by atoms with Crippen LogP contribution in [0.1, 0.15) is 37.7 Å². The summed E-state index contributed by atoms with van der Waals surface area (Å²) < 4.78 is 0. The van der Waals surface area contributed by atoms with Crippen molar-refractivity contribution in [2.75, 3.05) is 6.54 Å². The topological polar surface area (TPSA) is 12.0 Å². The quantitative estimate of drug-likeness (QED) is 0.824. The fourth-order valence-electron chi connectivity index (χ4n) is 2.97. The van der Waals surface area contributed by atoms with E-state index in [1.165, 1.54) is 45.1 Å². The van der Waals surface area contributed by atoms with Gasteiger partial charge in [-0.2, -0.15) is 11.3 Å². The maximum atomic E-state index is 3.71. The van der Waals surface area contributed by atoms with Crippen LogP contribution in [0.15, 0.2) is 16.8 Å². The molecule has 1 nitrogen and oxygen atoms in total. The van der Waals surface area contributed by atoms with Gasteiger partial charge in [-0.05, 0) is 72.9 Å². The molecule has 0 spiro atoms. The minimum atomic E-state index is 0.877. The molecule has 0 amide bonds. The summed E-state index contributed by atoms with van der Waals surface area (Å²) in [6, 6.07) is 3.18. The van der Waals surface area contributed by atoms with Crippen molar-refractivity contribution < 1.29 is 0 Å². The summed E-state index contributed by atoms with van der Waals surface area (Å²) in [4.78, 5) is 0. The second kappa shape index (κ2) is 4.89. The standard InChI is InChI=1S/C14H21NS/c1-2-12(8-11-6-7-16-10-11)13(3-1)9-15-14-4-5-14/h6-7,10,12-15H,1-5,8-9H2. The summed E-state index contributed by atoms with van der Waals surface area (Å²) in [5.74, 6) is 1.89. The van der Waals surface area contributed by atoms with Crippen molar-refractivity contribution in [3.05, 3.63) is 22.4 Å². The van der Waals surface area contributed by atoms with Crippen LogP contribution in [0.3, 0.4) is 0 Å². The van der Waals surface area contributed by atoms with Crippen LogP contribution in [0.5, 0.6) is 0 Å². The van der Waals surface area contributed by atoms with Crippen LogP contribution in [0.2, 0.25) is 0 Å². The van der Waals surface area contributed by atoms with Gasteiger partial charge in [-0.25, -0.2) is 0 Å². The first-order chi connectivity index (χ1) is 7.92. The molecule has 0 aliphatic heterocycles. The number of hydrogen-bond donors (Lipinski definition) is 1. The van der Waals surface area contributed by atoms with Gasteiger partial charge in [0, 0.05) is 6.04 Å². The van der Waals surface area contributed by atoms with E-state index in [1.54, 1.807) is 5.56 Å². The maximum absolute atomic E-state index is 3.71. The Hall–Kier alpha value is -0.340. The van der Waals surface area contributed by atoms with Crippen molar-refractivity contribution in [3.63, 3.8) is 0 Å². The molecule has 2 unspecified atom stereocenters. The van der Waals surface area contributed by atoms with E-state index >= 15 is 0 Å². The number of rotatable bonds is 5. The van der Waals surface area contributed by atoms with Gasteiger partial charge in [-0.1, -0.05) is 6.42 Å². The highest BCUT2D eigenvalue weighted by molar-refractivity contribution is 7.07. The van der Waals surface area contributed by atoms with Crippen LogP contribution in [-0.2, 0) is 6.42 Å². The van der Waals surface area contributed by atoms with E-state index in [-0.39, 0.29) is 0 Å². The molecule has 16 heavy (non-hydrogen) atoms. The number of nitrogens with one attached hydrogen (secondary N) is 1. The van der Waals surface area contributed by atoms with E-state index < -0.39 is 0 Å². The van der Waals surface area contributed by atoms with Gasteiger partial charge in [0.15, 0.2) is 0 Å². The van der Waals surface area contributed by atoms with Crippen LogP contribution in [0.25, 0.3) is 0 Å². The first-order valence-corrected chi connectivity index (χ1v) is 7.60. The average Bonchev–Trinajstić information content (AvgIpc) is 2.79. The molecule has 0 saturated heterocycles. The highest BCUT2D eigenvalue weighted by Crippen LogP contribution is 2.34. The fraction of sp³-hybridized carbons (Fsp3) is 0.714. The Balaban J connectivity index is 1.51. The Morgan fingerprint density at radius 3 is 2.81 bits per heavy atom. The lowest BCUT2D eigenvalue weighted by molar-refractivity contribution is 0.364. The normalized spacial score (nSPS) is 29.8. The van der Waals surface area contributed by atoms with Gasteiger partial charge in [0.2, 0.25) is 0 Å². The van der Waals surface area contributed by atoms with Crippen molar-refractivity contribution in [1.29, 1.82) is 0 Å². The van der Waals surface area contributed by atoms with E-state index in [9.17, 15) is 0 Å². The Morgan fingerprint density at radius 1 is 1.19 bits per heavy atom. The number of hydrogen-bond acceptors (Lipinski definition) is 2. The average molecular weight is 235 g/mol. The molecule has 0 aromatic carbocycles. The molecule has 2 atom stereocenters. The second-order valence-electron chi connectivity index (χ2n) is 5.47. The molecule has 0 bridgehead atoms. The summed E-state index contributed by atoms with van der Waals surface area (Å²) in [5.41, 5.74) is 1.56. The predicted octanol–water partition coefficient (Wildman–Crippen LogP) is 3.46. The van der Waals surface area contributed by atoms with E-state index in [0.29, 0.717) is 0 Å². The lowest BCUT2D eigenvalue weighted by Crippen LogP contribution is -2.27. The zero-order valence-electron chi connectivity index (χ0n) is 9.82. The summed E-state index contributed by atoms with van der Waals surface area (Å²) in [6.07, 6.45) is 8.51. The third-order valence-corrected chi connectivity index (χ3v) is 4.87. The largest absolute Gasteiger partial charge is 0.314 e. The fourth-order valence-corrected chi connectivity index (χ4v) is 3.65. The van der Waals surface area contributed by atoms with Gasteiger partial charge in [0.1, 0.15) is 0 Å². The summed E-state index contributed by atoms with van der Waals surface area (Å²) in [6.45, 7) is 1.28. The van der Waals surface area contributed by atoms with Crippen LogP contribution in [0.4, 0.5) is 0 Å². The highest BCUT2D eigenvalue weighted by Gasteiger charge is 2.29. The van der Waals surface area contributed by atoms with Gasteiger partial charge < -0.3 is 5.32 Å². The maximum Gasteiger partial charge on any atom is 0.00683 e. The van der Waals surface area contributed by atoms with E-state index in [1.807, 2.05) is 11.3 Å². The Labute approximate surface area is 102 Å². The lowest BCUT2D eigenvalue weighted by atomic mass is 9.90. The first-order valence-electron chi connectivity index (χ1n) is 6.66. The van der Waals surface area contributed by atoms with Crippen LogP contribution >= 0.6 is 11.3 Å². The van der Waals surface area contributed by atoms with Crippen molar-refractivity contribution in [2.24, 2.45) is 11.8 Å². The monoisotopic (exact) mass is 235 g/mol. The van der Waals surface area contributed by atoms with Crippen molar-refractivity contribution in [1.82, 2.24) is 5.32 Å². The summed E-state index contributed by atoms with van der Waals surface area (Å²) >= 11 is 1.84. The van der Waals surface area contributed by atoms with Crippen molar-refractivity contribution in [2.45, 2.75) is 44.6 Å². The van der Waals surface area contributed by atoms with Crippen LogP contribution < -0.4 is 5.32 Å². The summed E-state index contributed by atoms with van der Waals surface area (Å²) in [5, 5.41) is 8.24. The SMILES string of the molecule is c1cc(CC2CCCC2CNC2CC2)cs1. The first kappa shape index (κ1) is 10.8. The van der Waals surface area contributed by atoms with Crippen LogP contribution in [0, 0.1) is 11.8 Å². The van der Waals surface area contributed by atoms with Gasteiger partial charge in [0.05, 0.1) is 0 Å². The molecule has 3 rings (SSSR count). The third-order valence-electron chi connectivity index (χ3n) is 4.14. The minimum absolute atomic E-state index is 0.877. The lowest BCUT2D eigenvalue weighted by Gasteiger charge is -2.19. The van der Waals surface area contributed by atoms with E-state index in [2.05, 4.69) is 22.1 Å². The molecule has 2 aliphatic rings. The molecule has 2 aliphatic carbocycles. The zero-order valence-corrected chi connectivity index (χ0v) is 10.6. The van der Waals surface area contributed by atoms with Crippen molar-refractivity contribution in [3.8, 4) is 0 Å². The molecule has 2 heteroatoms. The van der Waals surface area contributed by atoms with Gasteiger partial charge >= 0.3 is 0 Å². The molecule has 0 radical (unpaired) electrons. The Bertz CT molecular complexity index is 315. The van der Waals surface area contributed by atoms with Gasteiger partial charge in [0.25, 0.3) is 0 Å². The molecule has 2 saturated carbocycles. The molecule has 1 N–H and O–H groups in total. The van der Waals surface area contributed by atoms with Crippen LogP contribution in [-0.4, -0.2) is 12.6 Å². The molecule has 1 heterocycles. The van der Waals surface area contributed by atoms with Crippen molar-refractivity contribution >= 4 is 11.3 Å². The van der Waals surface area contributed by atoms with E-state index in [0.717, 1.165) is 17.9 Å². The zero-order chi connectivity index (χ0) is 10.8. The molecular formula is C14H21NS. The molecule has 2 fully saturated rings. The predicted molar refractivity (Wildman–Crippen MR) is 69.9 cm³/mol. The Morgan fingerprint density at radius 2 is 2.06 bits per heavy atom. The third kappa shape index (κ3) is 2.67.